The summed E-state index contributed by atoms with van der Waals surface area (Å²) in [6, 6.07) is 28.2. The zero-order valence-corrected chi connectivity index (χ0v) is 38.0. The molecule has 4 nitrogen and oxygen atoms in total. The summed E-state index contributed by atoms with van der Waals surface area (Å²) < 4.78 is 104. The minimum Gasteiger partial charge on any atom is -0.486 e. The fourth-order valence-corrected chi connectivity index (χ4v) is 11.3. The molecule has 3 aliphatic rings. The number of aromatic nitrogens is 3. The third-order valence-electron chi connectivity index (χ3n) is 11.2. The second kappa shape index (κ2) is 17.7. The van der Waals surface area contributed by atoms with Gasteiger partial charge in [-0.15, -0.1) is 17.7 Å². The first-order chi connectivity index (χ1) is 31.4. The maximum Gasteiger partial charge on any atom is 0.216 e. The van der Waals surface area contributed by atoms with E-state index in [-0.39, 0.29) is 54.3 Å². The largest absolute Gasteiger partial charge is 0.486 e. The topological polar surface area (TPSA) is 51.8 Å². The molecule has 58 heavy (non-hydrogen) atoms. The van der Waals surface area contributed by atoms with E-state index >= 15 is 0 Å². The van der Waals surface area contributed by atoms with Crippen molar-refractivity contribution < 1.29 is 42.6 Å². The van der Waals surface area contributed by atoms with Gasteiger partial charge in [-0.05, 0) is 67.3 Å². The van der Waals surface area contributed by atoms with Gasteiger partial charge in [0.15, 0.2) is 0 Å². The van der Waals surface area contributed by atoms with E-state index in [1.54, 1.807) is 30.6 Å². The van der Waals surface area contributed by atoms with E-state index in [0.717, 1.165) is 41.0 Å². The monoisotopic (exact) mass is 1020 g/mol. The van der Waals surface area contributed by atoms with Crippen molar-refractivity contribution >= 4 is 39.7 Å². The Labute approximate surface area is 374 Å². The maximum atomic E-state index is 14.6. The minimum atomic E-state index is -2.43. The average molecular weight is 1020 g/mol. The molecule has 3 aliphatic carbocycles. The van der Waals surface area contributed by atoms with Crippen LogP contribution in [0.1, 0.15) is 81.9 Å². The predicted molar refractivity (Wildman–Crippen MR) is 236 cm³/mol. The first-order valence-corrected chi connectivity index (χ1v) is 27.2. The Bertz CT molecular complexity index is 2940. The van der Waals surface area contributed by atoms with Crippen molar-refractivity contribution in [2.24, 2.45) is 23.7 Å². The molecule has 2 bridgehead atoms. The summed E-state index contributed by atoms with van der Waals surface area (Å²) in [6.07, 6.45) is 5.80. The molecule has 0 spiro atoms. The Balaban J connectivity index is 0.000000215. The van der Waals surface area contributed by atoms with Gasteiger partial charge in [0.05, 0.1) is 11.3 Å². The fourth-order valence-electron chi connectivity index (χ4n) is 8.38. The summed E-state index contributed by atoms with van der Waals surface area (Å²) in [6.45, 7) is -1.16. The van der Waals surface area contributed by atoms with E-state index in [9.17, 15) is 4.39 Å². The zero-order valence-electron chi connectivity index (χ0n) is 43.5. The van der Waals surface area contributed by atoms with E-state index in [2.05, 4.69) is 39.4 Å². The van der Waals surface area contributed by atoms with Gasteiger partial charge in [-0.3, -0.25) is 0 Å². The van der Waals surface area contributed by atoms with E-state index in [1.165, 1.54) is 25.0 Å². The number of fused-ring (bicyclic) bond motifs is 6. The summed E-state index contributed by atoms with van der Waals surface area (Å²) >= 11 is -2.43. The van der Waals surface area contributed by atoms with Crippen molar-refractivity contribution in [3.63, 3.8) is 0 Å². The number of nitrogens with zero attached hydrogens (tertiary/aromatic N) is 3. The second-order valence-electron chi connectivity index (χ2n) is 16.8. The molecule has 3 aromatic carbocycles. The molecular formula is C51H54FGeIrN3O-2. The first-order valence-electron chi connectivity index (χ1n) is 24.9. The molecule has 1 radical (unpaired) electrons. The van der Waals surface area contributed by atoms with Gasteiger partial charge in [0.1, 0.15) is 0 Å². The van der Waals surface area contributed by atoms with Crippen LogP contribution < -0.4 is 4.40 Å². The van der Waals surface area contributed by atoms with Gasteiger partial charge in [-0.1, -0.05) is 72.6 Å². The Morgan fingerprint density at radius 2 is 1.67 bits per heavy atom. The van der Waals surface area contributed by atoms with Gasteiger partial charge in [0.2, 0.25) is 5.71 Å². The summed E-state index contributed by atoms with van der Waals surface area (Å²) in [7, 11) is 0. The summed E-state index contributed by atoms with van der Waals surface area (Å²) in [5, 5.41) is 1.08. The number of hydrogen-bond donors (Lipinski definition) is 0. The molecule has 4 aromatic heterocycles. The van der Waals surface area contributed by atoms with Crippen LogP contribution in [0.15, 0.2) is 95.7 Å². The van der Waals surface area contributed by atoms with Gasteiger partial charge in [0, 0.05) is 44.1 Å². The molecule has 3 fully saturated rings. The zero-order chi connectivity index (χ0) is 48.4. The van der Waals surface area contributed by atoms with Crippen LogP contribution in [0, 0.1) is 55.3 Å². The predicted octanol–water partition coefficient (Wildman–Crippen LogP) is 12.9. The van der Waals surface area contributed by atoms with E-state index in [4.69, 9.17) is 23.1 Å². The third kappa shape index (κ3) is 9.10. The molecule has 7 aromatic rings. The molecular weight excluding hydrogens is 954 g/mol. The van der Waals surface area contributed by atoms with Crippen molar-refractivity contribution in [1.29, 1.82) is 0 Å². The molecule has 4 heterocycles. The van der Waals surface area contributed by atoms with Crippen molar-refractivity contribution in [3.8, 4) is 33.8 Å². The second-order valence-corrected chi connectivity index (χ2v) is 27.3. The fraction of sp³-hybridized carbons (Fsp3) is 0.353. The molecule has 301 valence electrons. The van der Waals surface area contributed by atoms with Crippen molar-refractivity contribution in [1.82, 2.24) is 15.0 Å². The first kappa shape index (κ1) is 31.0. The number of pyridine rings is 3. The minimum absolute atomic E-state index is 0. The molecule has 1 unspecified atom stereocenters. The Morgan fingerprint density at radius 3 is 2.36 bits per heavy atom. The number of furan rings is 1. The van der Waals surface area contributed by atoms with Crippen LogP contribution in [-0.4, -0.2) is 28.2 Å². The Morgan fingerprint density at radius 1 is 0.897 bits per heavy atom. The van der Waals surface area contributed by atoms with Crippen LogP contribution in [0.25, 0.3) is 55.8 Å². The van der Waals surface area contributed by atoms with E-state index < -0.39 is 45.5 Å². The van der Waals surface area contributed by atoms with Gasteiger partial charge in [0.25, 0.3) is 0 Å². The molecule has 1 atom stereocenters. The summed E-state index contributed by atoms with van der Waals surface area (Å²) in [5.41, 5.74) is 4.83. The van der Waals surface area contributed by atoms with E-state index in [1.807, 2.05) is 56.3 Å². The summed E-state index contributed by atoms with van der Waals surface area (Å²) in [4.78, 5) is 13.7. The van der Waals surface area contributed by atoms with Crippen LogP contribution in [0.5, 0.6) is 0 Å². The normalized spacial score (nSPS) is 21.1. The molecule has 0 N–H and O–H groups in total. The third-order valence-corrected chi connectivity index (χ3v) is 15.4. The quantitative estimate of drug-likeness (QED) is 0.112. The molecule has 0 amide bonds. The molecule has 7 heteroatoms. The Hall–Kier alpha value is -3.97. The molecule has 0 saturated heterocycles. The van der Waals surface area contributed by atoms with Crippen molar-refractivity contribution in [2.75, 3.05) is 0 Å². The number of hydrogen-bond acceptors (Lipinski definition) is 4. The van der Waals surface area contributed by atoms with Crippen molar-refractivity contribution in [2.45, 2.75) is 89.7 Å². The van der Waals surface area contributed by atoms with Gasteiger partial charge in [-0.2, -0.15) is 0 Å². The van der Waals surface area contributed by atoms with Gasteiger partial charge < -0.3 is 9.40 Å². The number of benzene rings is 3. The van der Waals surface area contributed by atoms with Crippen LogP contribution >= 0.6 is 0 Å². The van der Waals surface area contributed by atoms with Crippen LogP contribution in [0.2, 0.25) is 17.3 Å². The average Bonchev–Trinajstić information content (AvgIpc) is 3.67. The molecule has 10 rings (SSSR count). The van der Waals surface area contributed by atoms with Gasteiger partial charge >= 0.3 is 143 Å². The number of halogens is 1. The molecule has 0 aliphatic heterocycles. The smallest absolute Gasteiger partial charge is 0.216 e. The number of aryl methyl sites for hydroxylation is 2. The maximum absolute atomic E-state index is 14.6. The van der Waals surface area contributed by atoms with Crippen LogP contribution in [-0.2, 0) is 32.9 Å². The van der Waals surface area contributed by atoms with Gasteiger partial charge in [-0.25, -0.2) is 4.98 Å². The molecule has 3 saturated carbocycles. The van der Waals surface area contributed by atoms with Crippen LogP contribution in [0.4, 0.5) is 4.39 Å². The summed E-state index contributed by atoms with van der Waals surface area (Å²) in [5.74, 6) is 6.52. The number of rotatable bonds is 8. The van der Waals surface area contributed by atoms with Crippen LogP contribution in [0.3, 0.4) is 0 Å². The van der Waals surface area contributed by atoms with E-state index in [0.29, 0.717) is 56.3 Å². The SMILES string of the molecule is [2H]C([2H])([2H])c1c[c-]c(-c2cc(C([2H])([2H])C(C)C)[c]([Ge]([CH3])([CH3])[CH3])cn2)c(F)c1.[2H]C([2H])([2H])c1c[c-]c(-c2cc(C([2H])([2H])C3CC4CCC3CC4)ccn2)c2oc3nc(-c4ccccc4)ccc3c12.[Ir]. The standard InChI is InChI=1S/C32H29N2O.C19H25FGeN.Ir/c1-20-7-12-26(29-19-22(15-16-33-29)18-25-17-21-8-10-23(25)11-9-21)31-30(20)27-13-14-28(34-32(27)35-31)24-5-3-2-4-6-24;1-13(2)9-15-11-19(22-12-18(15)21(4,5)6)16-8-7-14(3)10-17(16)20;/h2-7,13-16,19,21,23,25H,8-11,17-18H2,1H3;7,10-13H,9H2,1-6H3;/q2*-1;/i1D3,18D2;3D3,9D2;. The Kier molecular flexibility index (Phi) is 9.46. The van der Waals surface area contributed by atoms with Crippen molar-refractivity contribution in [3.05, 3.63) is 131 Å².